The van der Waals surface area contributed by atoms with Crippen molar-refractivity contribution in [3.8, 4) is 17.2 Å². The van der Waals surface area contributed by atoms with Crippen LogP contribution in [0, 0.1) is 0 Å². The molecule has 148 valence electrons. The standard InChI is InChI=1S/C20H21ClN2O4S/c1-12-11-28-20(22-12)23(15-7-5-14(21)6-8-15)19(24)13-9-16(25-2)18(27-4)17(10-13)26-3/h5-10,12H,11H2,1-4H3/t12-/m1/s1. The summed E-state index contributed by atoms with van der Waals surface area (Å²) in [5.74, 6) is 1.83. The summed E-state index contributed by atoms with van der Waals surface area (Å²) in [6, 6.07) is 10.5. The lowest BCUT2D eigenvalue weighted by Gasteiger charge is -2.23. The Balaban J connectivity index is 2.09. The van der Waals surface area contributed by atoms with Crippen molar-refractivity contribution in [2.45, 2.75) is 13.0 Å². The molecule has 0 spiro atoms. The van der Waals surface area contributed by atoms with E-state index < -0.39 is 0 Å². The average Bonchev–Trinajstić information content (AvgIpc) is 3.13. The molecule has 3 rings (SSSR count). The first-order valence-electron chi connectivity index (χ1n) is 8.59. The van der Waals surface area contributed by atoms with Crippen LogP contribution in [0.3, 0.4) is 0 Å². The van der Waals surface area contributed by atoms with Crippen LogP contribution >= 0.6 is 23.4 Å². The van der Waals surface area contributed by atoms with Crippen LogP contribution in [-0.2, 0) is 0 Å². The van der Waals surface area contributed by atoms with E-state index in [4.69, 9.17) is 25.8 Å². The number of aliphatic imine (C=N–C) groups is 1. The monoisotopic (exact) mass is 420 g/mol. The molecule has 28 heavy (non-hydrogen) atoms. The molecule has 1 aliphatic heterocycles. The molecule has 0 fully saturated rings. The number of nitrogens with zero attached hydrogens (tertiary/aromatic N) is 2. The summed E-state index contributed by atoms with van der Waals surface area (Å²) in [5.41, 5.74) is 1.08. The molecule has 0 saturated heterocycles. The Hall–Kier alpha value is -2.38. The zero-order valence-corrected chi connectivity index (χ0v) is 17.6. The number of carbonyl (C=O) groups is 1. The highest BCUT2D eigenvalue weighted by molar-refractivity contribution is 8.14. The average molecular weight is 421 g/mol. The number of methoxy groups -OCH3 is 3. The molecule has 1 heterocycles. The Morgan fingerprint density at radius 2 is 1.71 bits per heavy atom. The maximum atomic E-state index is 13.5. The van der Waals surface area contributed by atoms with Gasteiger partial charge in [-0.15, -0.1) is 0 Å². The van der Waals surface area contributed by atoms with Gasteiger partial charge in [-0.2, -0.15) is 0 Å². The van der Waals surface area contributed by atoms with Crippen LogP contribution in [0.4, 0.5) is 5.69 Å². The molecule has 0 bridgehead atoms. The second-order valence-corrected chi connectivity index (χ2v) is 7.53. The minimum Gasteiger partial charge on any atom is -0.493 e. The Morgan fingerprint density at radius 1 is 1.11 bits per heavy atom. The Kier molecular flexibility index (Phi) is 6.36. The second kappa shape index (κ2) is 8.75. The van der Waals surface area contributed by atoms with Gasteiger partial charge in [0.15, 0.2) is 16.7 Å². The van der Waals surface area contributed by atoms with Crippen LogP contribution < -0.4 is 19.1 Å². The van der Waals surface area contributed by atoms with Gasteiger partial charge in [0.1, 0.15) is 0 Å². The first-order valence-corrected chi connectivity index (χ1v) is 9.95. The van der Waals surface area contributed by atoms with E-state index in [2.05, 4.69) is 4.99 Å². The highest BCUT2D eigenvalue weighted by Crippen LogP contribution is 2.39. The fraction of sp³-hybridized carbons (Fsp3) is 0.300. The number of ether oxygens (including phenoxy) is 3. The van der Waals surface area contributed by atoms with E-state index >= 15 is 0 Å². The van der Waals surface area contributed by atoms with Crippen LogP contribution in [0.15, 0.2) is 41.4 Å². The summed E-state index contributed by atoms with van der Waals surface area (Å²) in [7, 11) is 4.55. The number of anilines is 1. The quantitative estimate of drug-likeness (QED) is 0.712. The van der Waals surface area contributed by atoms with Gasteiger partial charge in [0.25, 0.3) is 5.91 Å². The maximum absolute atomic E-state index is 13.5. The van der Waals surface area contributed by atoms with Gasteiger partial charge in [0.05, 0.1) is 33.1 Å². The zero-order valence-electron chi connectivity index (χ0n) is 16.1. The van der Waals surface area contributed by atoms with Crippen LogP contribution in [0.1, 0.15) is 17.3 Å². The molecule has 0 aromatic heterocycles. The van der Waals surface area contributed by atoms with Crippen molar-refractivity contribution in [1.29, 1.82) is 0 Å². The number of amidine groups is 1. The first kappa shape index (κ1) is 20.4. The van der Waals surface area contributed by atoms with Crippen LogP contribution in [0.25, 0.3) is 0 Å². The number of halogens is 1. The molecule has 0 N–H and O–H groups in total. The molecule has 0 saturated carbocycles. The fourth-order valence-corrected chi connectivity index (χ4v) is 3.98. The zero-order chi connectivity index (χ0) is 20.3. The number of hydrogen-bond donors (Lipinski definition) is 0. The number of amides is 1. The number of benzene rings is 2. The molecule has 2 aromatic carbocycles. The van der Waals surface area contributed by atoms with Crippen molar-refractivity contribution in [2.24, 2.45) is 4.99 Å². The van der Waals surface area contributed by atoms with Crippen LogP contribution in [0.2, 0.25) is 5.02 Å². The Labute approximate surface area is 173 Å². The predicted octanol–water partition coefficient (Wildman–Crippen LogP) is 4.50. The Bertz CT molecular complexity index is 877. The van der Waals surface area contributed by atoms with Crippen LogP contribution in [-0.4, -0.2) is 44.2 Å². The largest absolute Gasteiger partial charge is 0.493 e. The minimum atomic E-state index is -0.248. The van der Waals surface area contributed by atoms with Crippen molar-refractivity contribution >= 4 is 40.1 Å². The molecule has 0 unspecified atom stereocenters. The van der Waals surface area contributed by atoms with Gasteiger partial charge in [-0.1, -0.05) is 23.4 Å². The molecule has 0 radical (unpaired) electrons. The first-order chi connectivity index (χ1) is 13.5. The van der Waals surface area contributed by atoms with Gasteiger partial charge >= 0.3 is 0 Å². The molecule has 1 aliphatic rings. The highest BCUT2D eigenvalue weighted by atomic mass is 35.5. The molecular formula is C20H21ClN2O4S. The van der Waals surface area contributed by atoms with E-state index in [-0.39, 0.29) is 11.9 Å². The summed E-state index contributed by atoms with van der Waals surface area (Å²) >= 11 is 7.57. The lowest BCUT2D eigenvalue weighted by molar-refractivity contribution is 0.100. The summed E-state index contributed by atoms with van der Waals surface area (Å²) < 4.78 is 16.1. The van der Waals surface area contributed by atoms with Gasteiger partial charge < -0.3 is 14.2 Å². The van der Waals surface area contributed by atoms with Crippen molar-refractivity contribution < 1.29 is 19.0 Å². The predicted molar refractivity (Wildman–Crippen MR) is 114 cm³/mol. The lowest BCUT2D eigenvalue weighted by Crippen LogP contribution is -2.34. The lowest BCUT2D eigenvalue weighted by atomic mass is 10.1. The Morgan fingerprint density at radius 3 is 2.18 bits per heavy atom. The molecular weight excluding hydrogens is 400 g/mol. The molecule has 8 heteroatoms. The van der Waals surface area contributed by atoms with Crippen LogP contribution in [0.5, 0.6) is 17.2 Å². The summed E-state index contributed by atoms with van der Waals surface area (Å²) in [5, 5.41) is 1.24. The van der Waals surface area contributed by atoms with E-state index in [0.717, 1.165) is 5.75 Å². The third-order valence-corrected chi connectivity index (χ3v) is 5.62. The van der Waals surface area contributed by atoms with Gasteiger partial charge in [-0.3, -0.25) is 14.7 Å². The highest BCUT2D eigenvalue weighted by Gasteiger charge is 2.29. The SMILES string of the molecule is COc1cc(C(=O)N(C2=N[C@H](C)CS2)c2ccc(Cl)cc2)cc(OC)c1OC. The maximum Gasteiger partial charge on any atom is 0.264 e. The molecule has 1 atom stereocenters. The van der Waals surface area contributed by atoms with Crippen molar-refractivity contribution in [3.63, 3.8) is 0 Å². The molecule has 1 amide bonds. The van der Waals surface area contributed by atoms with E-state index in [9.17, 15) is 4.79 Å². The number of thioether (sulfide) groups is 1. The summed E-state index contributed by atoms with van der Waals surface area (Å²) in [4.78, 5) is 19.7. The summed E-state index contributed by atoms with van der Waals surface area (Å²) in [6.45, 7) is 2.02. The molecule has 6 nitrogen and oxygen atoms in total. The third-order valence-electron chi connectivity index (χ3n) is 4.18. The molecule has 2 aromatic rings. The second-order valence-electron chi connectivity index (χ2n) is 6.10. The van der Waals surface area contributed by atoms with E-state index in [1.54, 1.807) is 53.1 Å². The molecule has 0 aliphatic carbocycles. The van der Waals surface area contributed by atoms with Gasteiger partial charge in [-0.25, -0.2) is 0 Å². The minimum absolute atomic E-state index is 0.141. The topological polar surface area (TPSA) is 60.4 Å². The number of hydrogen-bond acceptors (Lipinski definition) is 6. The van der Waals surface area contributed by atoms with Gasteiger partial charge in [0.2, 0.25) is 5.75 Å². The number of carbonyl (C=O) groups excluding carboxylic acids is 1. The van der Waals surface area contributed by atoms with E-state index in [1.807, 2.05) is 6.92 Å². The fourth-order valence-electron chi connectivity index (χ4n) is 2.82. The third kappa shape index (κ3) is 4.05. The van der Waals surface area contributed by atoms with Crippen molar-refractivity contribution in [2.75, 3.05) is 32.0 Å². The number of rotatable bonds is 5. The van der Waals surface area contributed by atoms with Crippen molar-refractivity contribution in [1.82, 2.24) is 0 Å². The van der Waals surface area contributed by atoms with Gasteiger partial charge in [0, 0.05) is 16.3 Å². The van der Waals surface area contributed by atoms with E-state index in [1.165, 1.54) is 21.3 Å². The van der Waals surface area contributed by atoms with E-state index in [0.29, 0.717) is 38.7 Å². The van der Waals surface area contributed by atoms with Gasteiger partial charge in [-0.05, 0) is 43.3 Å². The summed E-state index contributed by atoms with van der Waals surface area (Å²) in [6.07, 6.45) is 0. The normalized spacial score (nSPS) is 15.8. The van der Waals surface area contributed by atoms with Crippen molar-refractivity contribution in [3.05, 3.63) is 47.0 Å². The smallest absolute Gasteiger partial charge is 0.264 e.